The minimum Gasteiger partial charge on any atom is -0.465 e. The SMILES string of the molecule is COC(=O)c1ccc(Br)c(F)c1C(=O)OC. The molecule has 0 unspecified atom stereocenters. The highest BCUT2D eigenvalue weighted by molar-refractivity contribution is 9.10. The number of methoxy groups -OCH3 is 2. The lowest BCUT2D eigenvalue weighted by molar-refractivity contribution is 0.0550. The van der Waals surface area contributed by atoms with E-state index in [2.05, 4.69) is 25.4 Å². The molecule has 16 heavy (non-hydrogen) atoms. The highest BCUT2D eigenvalue weighted by Crippen LogP contribution is 2.23. The van der Waals surface area contributed by atoms with E-state index in [1.807, 2.05) is 0 Å². The maximum Gasteiger partial charge on any atom is 0.341 e. The molecule has 6 heteroatoms. The van der Waals surface area contributed by atoms with Crippen LogP contribution in [0.4, 0.5) is 4.39 Å². The van der Waals surface area contributed by atoms with Crippen LogP contribution in [0.25, 0.3) is 0 Å². The predicted molar refractivity (Wildman–Crippen MR) is 56.8 cm³/mol. The van der Waals surface area contributed by atoms with Crippen LogP contribution >= 0.6 is 15.9 Å². The molecule has 1 rings (SSSR count). The first-order valence-electron chi connectivity index (χ1n) is 4.17. The average molecular weight is 291 g/mol. The van der Waals surface area contributed by atoms with Gasteiger partial charge in [0.1, 0.15) is 5.56 Å². The van der Waals surface area contributed by atoms with E-state index in [0.29, 0.717) is 0 Å². The van der Waals surface area contributed by atoms with E-state index in [4.69, 9.17) is 0 Å². The van der Waals surface area contributed by atoms with Gasteiger partial charge in [-0.25, -0.2) is 14.0 Å². The molecule has 0 fully saturated rings. The molecule has 0 saturated heterocycles. The second-order valence-electron chi connectivity index (χ2n) is 2.77. The van der Waals surface area contributed by atoms with Crippen LogP contribution in [0.2, 0.25) is 0 Å². The van der Waals surface area contributed by atoms with Gasteiger partial charge in [-0.05, 0) is 28.1 Å². The number of halogens is 2. The highest BCUT2D eigenvalue weighted by atomic mass is 79.9. The second-order valence-corrected chi connectivity index (χ2v) is 3.62. The van der Waals surface area contributed by atoms with Crippen LogP contribution in [0.5, 0.6) is 0 Å². The number of ether oxygens (including phenoxy) is 2. The van der Waals surface area contributed by atoms with Crippen molar-refractivity contribution in [2.75, 3.05) is 14.2 Å². The quantitative estimate of drug-likeness (QED) is 0.784. The molecule has 0 aliphatic heterocycles. The summed E-state index contributed by atoms with van der Waals surface area (Å²) in [6.07, 6.45) is 0. The van der Waals surface area contributed by atoms with Crippen molar-refractivity contribution >= 4 is 27.9 Å². The molecule has 4 nitrogen and oxygen atoms in total. The molecule has 0 bridgehead atoms. The zero-order valence-corrected chi connectivity index (χ0v) is 10.1. The largest absolute Gasteiger partial charge is 0.465 e. The number of hydrogen-bond donors (Lipinski definition) is 0. The fraction of sp³-hybridized carbons (Fsp3) is 0.200. The van der Waals surface area contributed by atoms with Crippen LogP contribution in [0.3, 0.4) is 0 Å². The molecule has 0 N–H and O–H groups in total. The zero-order chi connectivity index (χ0) is 12.3. The Kier molecular flexibility index (Phi) is 4.00. The molecule has 1 aromatic rings. The molecule has 0 aromatic heterocycles. The molecular weight excluding hydrogens is 283 g/mol. The molecule has 0 amide bonds. The lowest BCUT2D eigenvalue weighted by atomic mass is 10.1. The summed E-state index contributed by atoms with van der Waals surface area (Å²) < 4.78 is 22.5. The normalized spacial score (nSPS) is 9.75. The number of carbonyl (C=O) groups is 2. The fourth-order valence-corrected chi connectivity index (χ4v) is 1.46. The number of hydrogen-bond acceptors (Lipinski definition) is 4. The van der Waals surface area contributed by atoms with Crippen molar-refractivity contribution in [2.24, 2.45) is 0 Å². The van der Waals surface area contributed by atoms with Crippen molar-refractivity contribution in [3.8, 4) is 0 Å². The third-order valence-corrected chi connectivity index (χ3v) is 2.50. The molecule has 0 atom stereocenters. The second kappa shape index (κ2) is 5.07. The topological polar surface area (TPSA) is 52.6 Å². The number of rotatable bonds is 2. The van der Waals surface area contributed by atoms with E-state index >= 15 is 0 Å². The summed E-state index contributed by atoms with van der Waals surface area (Å²) in [5, 5.41) is 0. The predicted octanol–water partition coefficient (Wildman–Crippen LogP) is 2.16. The summed E-state index contributed by atoms with van der Waals surface area (Å²) >= 11 is 2.91. The summed E-state index contributed by atoms with van der Waals surface area (Å²) in [5.74, 6) is -2.58. The summed E-state index contributed by atoms with van der Waals surface area (Å²) in [5.41, 5.74) is -0.612. The Labute approximate surface area is 99.5 Å². The third-order valence-electron chi connectivity index (χ3n) is 1.89. The Morgan fingerprint density at radius 2 is 1.75 bits per heavy atom. The summed E-state index contributed by atoms with van der Waals surface area (Å²) in [7, 11) is 2.24. The van der Waals surface area contributed by atoms with Gasteiger partial charge in [0, 0.05) is 0 Å². The molecule has 86 valence electrons. The molecule has 0 saturated carbocycles. The van der Waals surface area contributed by atoms with Gasteiger partial charge in [-0.3, -0.25) is 0 Å². The van der Waals surface area contributed by atoms with E-state index < -0.39 is 23.3 Å². The van der Waals surface area contributed by atoms with Crippen molar-refractivity contribution in [1.29, 1.82) is 0 Å². The molecule has 0 spiro atoms. The molecule has 0 aliphatic rings. The van der Waals surface area contributed by atoms with E-state index in [0.717, 1.165) is 14.2 Å². The van der Waals surface area contributed by atoms with Crippen LogP contribution in [0, 0.1) is 5.82 Å². The molecule has 0 aliphatic carbocycles. The van der Waals surface area contributed by atoms with E-state index in [1.54, 1.807) is 0 Å². The average Bonchev–Trinajstić information content (AvgIpc) is 2.30. The Hall–Kier alpha value is -1.43. The van der Waals surface area contributed by atoms with E-state index in [9.17, 15) is 14.0 Å². The van der Waals surface area contributed by atoms with Crippen molar-refractivity contribution in [2.45, 2.75) is 0 Å². The van der Waals surface area contributed by atoms with Crippen molar-refractivity contribution in [3.63, 3.8) is 0 Å². The molecule has 0 heterocycles. The standard InChI is InChI=1S/C10H8BrFO4/c1-15-9(13)5-3-4-6(11)8(12)7(5)10(14)16-2/h3-4H,1-2H3. The number of esters is 2. The summed E-state index contributed by atoms with van der Waals surface area (Å²) in [6.45, 7) is 0. The van der Waals surface area contributed by atoms with Gasteiger partial charge in [-0.2, -0.15) is 0 Å². The molecular formula is C10H8BrFO4. The molecule has 1 aromatic carbocycles. The van der Waals surface area contributed by atoms with Gasteiger partial charge < -0.3 is 9.47 Å². The van der Waals surface area contributed by atoms with E-state index in [1.165, 1.54) is 12.1 Å². The van der Waals surface area contributed by atoms with Gasteiger partial charge in [0.25, 0.3) is 0 Å². The van der Waals surface area contributed by atoms with Gasteiger partial charge >= 0.3 is 11.9 Å². The van der Waals surface area contributed by atoms with Gasteiger partial charge in [-0.1, -0.05) is 0 Å². The van der Waals surface area contributed by atoms with Gasteiger partial charge in [0.2, 0.25) is 0 Å². The lowest BCUT2D eigenvalue weighted by Gasteiger charge is -2.08. The van der Waals surface area contributed by atoms with Crippen LogP contribution in [-0.4, -0.2) is 26.2 Å². The van der Waals surface area contributed by atoms with Crippen molar-refractivity contribution in [1.82, 2.24) is 0 Å². The summed E-state index contributed by atoms with van der Waals surface area (Å²) in [4.78, 5) is 22.6. The van der Waals surface area contributed by atoms with Gasteiger partial charge in [-0.15, -0.1) is 0 Å². The zero-order valence-electron chi connectivity index (χ0n) is 8.54. The number of benzene rings is 1. The minimum absolute atomic E-state index is 0.0700. The Balaban J connectivity index is 3.44. The monoisotopic (exact) mass is 290 g/mol. The van der Waals surface area contributed by atoms with E-state index in [-0.39, 0.29) is 10.0 Å². The smallest absolute Gasteiger partial charge is 0.341 e. The minimum atomic E-state index is -0.931. The van der Waals surface area contributed by atoms with Crippen LogP contribution in [-0.2, 0) is 9.47 Å². The van der Waals surface area contributed by atoms with Gasteiger partial charge in [0.05, 0.1) is 24.3 Å². The third kappa shape index (κ3) is 2.21. The first kappa shape index (κ1) is 12.6. The number of carbonyl (C=O) groups excluding carboxylic acids is 2. The maximum atomic E-state index is 13.6. The Morgan fingerprint density at radius 3 is 2.25 bits per heavy atom. The fourth-order valence-electron chi connectivity index (χ4n) is 1.13. The maximum absolute atomic E-state index is 13.6. The van der Waals surface area contributed by atoms with Crippen LogP contribution < -0.4 is 0 Å². The van der Waals surface area contributed by atoms with Crippen LogP contribution in [0.1, 0.15) is 20.7 Å². The van der Waals surface area contributed by atoms with Crippen LogP contribution in [0.15, 0.2) is 16.6 Å². The first-order chi connectivity index (χ1) is 7.52. The first-order valence-corrected chi connectivity index (χ1v) is 4.96. The lowest BCUT2D eigenvalue weighted by Crippen LogP contribution is -2.14. The van der Waals surface area contributed by atoms with Crippen molar-refractivity contribution < 1.29 is 23.5 Å². The Bertz CT molecular complexity index is 445. The Morgan fingerprint density at radius 1 is 1.19 bits per heavy atom. The highest BCUT2D eigenvalue weighted by Gasteiger charge is 2.24. The molecule has 0 radical (unpaired) electrons. The van der Waals surface area contributed by atoms with Crippen molar-refractivity contribution in [3.05, 3.63) is 33.5 Å². The summed E-state index contributed by atoms with van der Waals surface area (Å²) in [6, 6.07) is 2.60. The van der Waals surface area contributed by atoms with Gasteiger partial charge in [0.15, 0.2) is 5.82 Å².